The van der Waals surface area contributed by atoms with Crippen molar-refractivity contribution in [3.05, 3.63) is 0 Å². The van der Waals surface area contributed by atoms with Gasteiger partial charge in [-0.15, -0.1) is 0 Å². The summed E-state index contributed by atoms with van der Waals surface area (Å²) in [5.74, 6) is 3.53. The molecule has 4 aliphatic rings. The van der Waals surface area contributed by atoms with Gasteiger partial charge in [0.25, 0.3) is 0 Å². The molecule has 2 bridgehead atoms. The molecular weight excluding hydrogens is 300 g/mol. The SMILES string of the molecule is CCNC(=NCCN1CCC(C)CC1)N1CC2C3CCC(O3)C2C1. The molecule has 4 aliphatic heterocycles. The highest BCUT2D eigenvalue weighted by molar-refractivity contribution is 5.80. The monoisotopic (exact) mass is 334 g/mol. The number of hydrogen-bond donors (Lipinski definition) is 1. The summed E-state index contributed by atoms with van der Waals surface area (Å²) >= 11 is 0. The quantitative estimate of drug-likeness (QED) is 0.629. The Kier molecular flexibility index (Phi) is 5.00. The molecule has 0 radical (unpaired) electrons. The lowest BCUT2D eigenvalue weighted by Crippen LogP contribution is -2.42. The molecule has 4 atom stereocenters. The van der Waals surface area contributed by atoms with Gasteiger partial charge in [-0.2, -0.15) is 0 Å². The largest absolute Gasteiger partial charge is 0.374 e. The van der Waals surface area contributed by atoms with E-state index in [1.807, 2.05) is 0 Å². The number of guanidine groups is 1. The first-order valence-electron chi connectivity index (χ1n) is 10.2. The zero-order valence-electron chi connectivity index (χ0n) is 15.4. The van der Waals surface area contributed by atoms with Crippen LogP contribution in [0, 0.1) is 17.8 Å². The van der Waals surface area contributed by atoms with Gasteiger partial charge in [0.15, 0.2) is 5.96 Å². The number of rotatable bonds is 4. The van der Waals surface area contributed by atoms with Crippen molar-refractivity contribution >= 4 is 5.96 Å². The first kappa shape index (κ1) is 16.6. The van der Waals surface area contributed by atoms with E-state index >= 15 is 0 Å². The number of hydrogen-bond acceptors (Lipinski definition) is 3. The van der Waals surface area contributed by atoms with Crippen molar-refractivity contribution in [2.24, 2.45) is 22.7 Å². The van der Waals surface area contributed by atoms with Crippen LogP contribution in [0.2, 0.25) is 0 Å². The van der Waals surface area contributed by atoms with Gasteiger partial charge in [-0.1, -0.05) is 6.92 Å². The maximum atomic E-state index is 6.10. The molecule has 4 heterocycles. The second kappa shape index (κ2) is 7.20. The van der Waals surface area contributed by atoms with Crippen molar-refractivity contribution in [1.82, 2.24) is 15.1 Å². The average Bonchev–Trinajstić information content (AvgIpc) is 3.28. The van der Waals surface area contributed by atoms with Gasteiger partial charge in [-0.3, -0.25) is 4.99 Å². The summed E-state index contributed by atoms with van der Waals surface area (Å²) in [5, 5.41) is 3.53. The van der Waals surface area contributed by atoms with Gasteiger partial charge in [0, 0.05) is 38.0 Å². The fraction of sp³-hybridized carbons (Fsp3) is 0.947. The van der Waals surface area contributed by atoms with Crippen LogP contribution in [0.1, 0.15) is 39.5 Å². The van der Waals surface area contributed by atoms with Gasteiger partial charge >= 0.3 is 0 Å². The van der Waals surface area contributed by atoms with Crippen LogP contribution in [-0.4, -0.2) is 73.8 Å². The standard InChI is InChI=1S/C19H34N4O/c1-3-20-19(21-8-11-22-9-6-14(2)7-10-22)23-12-15-16(13-23)18-5-4-17(15)24-18/h14-18H,3-13H2,1-2H3,(H,20,21). The lowest BCUT2D eigenvalue weighted by Gasteiger charge is -2.30. The third-order valence-electron chi connectivity index (χ3n) is 6.64. The topological polar surface area (TPSA) is 40.1 Å². The van der Waals surface area contributed by atoms with E-state index in [0.29, 0.717) is 12.2 Å². The van der Waals surface area contributed by atoms with Gasteiger partial charge < -0.3 is 19.9 Å². The predicted molar refractivity (Wildman–Crippen MR) is 97.3 cm³/mol. The molecule has 0 aromatic rings. The van der Waals surface area contributed by atoms with Crippen LogP contribution >= 0.6 is 0 Å². The number of nitrogens with one attached hydrogen (secondary N) is 1. The van der Waals surface area contributed by atoms with Crippen LogP contribution in [-0.2, 0) is 4.74 Å². The highest BCUT2D eigenvalue weighted by Gasteiger charge is 2.53. The molecule has 1 N–H and O–H groups in total. The van der Waals surface area contributed by atoms with Gasteiger partial charge in [-0.25, -0.2) is 0 Å². The Hall–Kier alpha value is -0.810. The molecule has 0 aromatic heterocycles. The van der Waals surface area contributed by atoms with Crippen LogP contribution in [0.5, 0.6) is 0 Å². The van der Waals surface area contributed by atoms with Crippen LogP contribution in [0.4, 0.5) is 0 Å². The van der Waals surface area contributed by atoms with Gasteiger partial charge in [0.1, 0.15) is 0 Å². The molecule has 24 heavy (non-hydrogen) atoms. The van der Waals surface area contributed by atoms with E-state index in [2.05, 4.69) is 29.0 Å². The molecule has 5 nitrogen and oxygen atoms in total. The molecule has 4 saturated heterocycles. The van der Waals surface area contributed by atoms with Gasteiger partial charge in [0.2, 0.25) is 0 Å². The molecule has 5 heteroatoms. The molecule has 0 aromatic carbocycles. The number of piperidine rings is 1. The summed E-state index contributed by atoms with van der Waals surface area (Å²) in [6, 6.07) is 0. The fourth-order valence-electron chi connectivity index (χ4n) is 5.14. The summed E-state index contributed by atoms with van der Waals surface area (Å²) in [6.45, 7) is 12.3. The highest BCUT2D eigenvalue weighted by atomic mass is 16.5. The van der Waals surface area contributed by atoms with E-state index < -0.39 is 0 Å². The van der Waals surface area contributed by atoms with Crippen molar-refractivity contribution in [3.63, 3.8) is 0 Å². The van der Waals surface area contributed by atoms with Crippen molar-refractivity contribution < 1.29 is 4.74 Å². The smallest absolute Gasteiger partial charge is 0.193 e. The predicted octanol–water partition coefficient (Wildman–Crippen LogP) is 1.79. The summed E-state index contributed by atoms with van der Waals surface area (Å²) in [4.78, 5) is 10.0. The maximum Gasteiger partial charge on any atom is 0.193 e. The Labute approximate surface area is 146 Å². The van der Waals surface area contributed by atoms with Gasteiger partial charge in [0.05, 0.1) is 18.8 Å². The minimum Gasteiger partial charge on any atom is -0.374 e. The molecule has 0 saturated carbocycles. The third-order valence-corrected chi connectivity index (χ3v) is 6.64. The molecule has 4 fully saturated rings. The fourth-order valence-corrected chi connectivity index (χ4v) is 5.14. The number of aliphatic imine (C=N–C) groups is 1. The Balaban J connectivity index is 1.31. The molecule has 136 valence electrons. The molecule has 0 amide bonds. The molecule has 0 aliphatic carbocycles. The van der Waals surface area contributed by atoms with E-state index in [1.54, 1.807) is 0 Å². The summed E-state index contributed by atoms with van der Waals surface area (Å²) in [5.41, 5.74) is 0. The summed E-state index contributed by atoms with van der Waals surface area (Å²) < 4.78 is 6.10. The zero-order valence-corrected chi connectivity index (χ0v) is 15.4. The molecular formula is C19H34N4O. The van der Waals surface area contributed by atoms with Crippen molar-refractivity contribution in [2.45, 2.75) is 51.7 Å². The van der Waals surface area contributed by atoms with Crippen molar-refractivity contribution in [2.75, 3.05) is 45.8 Å². The first-order valence-corrected chi connectivity index (χ1v) is 10.2. The minimum absolute atomic E-state index is 0.531. The normalized spacial score (nSPS) is 37.2. The average molecular weight is 335 g/mol. The Morgan fingerprint density at radius 3 is 2.38 bits per heavy atom. The van der Waals surface area contributed by atoms with Crippen LogP contribution < -0.4 is 5.32 Å². The third kappa shape index (κ3) is 3.30. The Bertz CT molecular complexity index is 442. The van der Waals surface area contributed by atoms with Crippen molar-refractivity contribution in [3.8, 4) is 0 Å². The molecule has 4 unspecified atom stereocenters. The van der Waals surface area contributed by atoms with Crippen LogP contribution in [0.3, 0.4) is 0 Å². The second-order valence-electron chi connectivity index (χ2n) is 8.28. The number of fused-ring (bicyclic) bond motifs is 5. The number of nitrogens with zero attached hydrogens (tertiary/aromatic N) is 3. The van der Waals surface area contributed by atoms with Crippen LogP contribution in [0.25, 0.3) is 0 Å². The van der Waals surface area contributed by atoms with E-state index in [0.717, 1.165) is 56.4 Å². The molecule has 4 rings (SSSR count). The number of ether oxygens (including phenoxy) is 1. The van der Waals surface area contributed by atoms with E-state index in [4.69, 9.17) is 9.73 Å². The Morgan fingerprint density at radius 2 is 1.75 bits per heavy atom. The van der Waals surface area contributed by atoms with E-state index in [1.165, 1.54) is 38.8 Å². The van der Waals surface area contributed by atoms with E-state index in [-0.39, 0.29) is 0 Å². The van der Waals surface area contributed by atoms with E-state index in [9.17, 15) is 0 Å². The summed E-state index contributed by atoms with van der Waals surface area (Å²) in [7, 11) is 0. The van der Waals surface area contributed by atoms with Crippen LogP contribution in [0.15, 0.2) is 4.99 Å². The first-order chi connectivity index (χ1) is 11.7. The van der Waals surface area contributed by atoms with Gasteiger partial charge in [-0.05, 0) is 51.6 Å². The minimum atomic E-state index is 0.531. The number of likely N-dealkylation sites (tertiary alicyclic amines) is 2. The second-order valence-corrected chi connectivity index (χ2v) is 8.28. The lowest BCUT2D eigenvalue weighted by molar-refractivity contribution is 0.0767. The highest BCUT2D eigenvalue weighted by Crippen LogP contribution is 2.47. The summed E-state index contributed by atoms with van der Waals surface area (Å²) in [6.07, 6.45) is 6.32. The maximum absolute atomic E-state index is 6.10. The Morgan fingerprint density at radius 1 is 1.08 bits per heavy atom. The van der Waals surface area contributed by atoms with Crippen molar-refractivity contribution in [1.29, 1.82) is 0 Å². The lowest BCUT2D eigenvalue weighted by atomic mass is 9.82. The zero-order chi connectivity index (χ0) is 16.5. The molecule has 0 spiro atoms.